The van der Waals surface area contributed by atoms with E-state index in [1.807, 2.05) is 4.72 Å². The van der Waals surface area contributed by atoms with E-state index in [0.717, 1.165) is 29.5 Å². The molecule has 0 atom stereocenters. The van der Waals surface area contributed by atoms with E-state index in [1.54, 1.807) is 0 Å². The van der Waals surface area contributed by atoms with Gasteiger partial charge in [0.1, 0.15) is 11.6 Å². The fourth-order valence-corrected chi connectivity index (χ4v) is 2.89. The van der Waals surface area contributed by atoms with Crippen LogP contribution in [0.1, 0.15) is 0 Å². The van der Waals surface area contributed by atoms with E-state index >= 15 is 0 Å². The van der Waals surface area contributed by atoms with Crippen molar-refractivity contribution in [2.75, 3.05) is 4.72 Å². The first-order valence-corrected chi connectivity index (χ1v) is 8.03. The van der Waals surface area contributed by atoms with E-state index in [2.05, 4.69) is 4.98 Å². The van der Waals surface area contributed by atoms with Crippen molar-refractivity contribution in [2.24, 2.45) is 0 Å². The summed E-state index contributed by atoms with van der Waals surface area (Å²) in [6, 6.07) is 2.84. The molecule has 0 radical (unpaired) electrons. The maximum Gasteiger partial charge on any atom is 0.490 e. The van der Waals surface area contributed by atoms with Crippen molar-refractivity contribution in [1.82, 2.24) is 4.98 Å². The van der Waals surface area contributed by atoms with E-state index in [1.165, 1.54) is 10.9 Å². The van der Waals surface area contributed by atoms with Gasteiger partial charge in [0.15, 0.2) is 10.7 Å². The molecule has 0 fully saturated rings. The molecular weight excluding hydrogens is 383 g/mol. The van der Waals surface area contributed by atoms with Crippen LogP contribution in [0.25, 0.3) is 0 Å². The molecular formula is C11H7F5N2O4S2. The summed E-state index contributed by atoms with van der Waals surface area (Å²) < 4.78 is 83.7. The summed E-state index contributed by atoms with van der Waals surface area (Å²) in [6.07, 6.45) is -5.08. The van der Waals surface area contributed by atoms with Gasteiger partial charge in [-0.3, -0.25) is 4.72 Å². The number of aliphatic carboxylic acids is 1. The summed E-state index contributed by atoms with van der Waals surface area (Å²) in [5.41, 5.74) is 1.40. The van der Waals surface area contributed by atoms with Gasteiger partial charge in [0.2, 0.25) is 0 Å². The van der Waals surface area contributed by atoms with Crippen molar-refractivity contribution in [2.45, 2.75) is 11.1 Å². The van der Waals surface area contributed by atoms with Crippen LogP contribution in [0.4, 0.5) is 27.8 Å². The van der Waals surface area contributed by atoms with Crippen LogP contribution in [0, 0.1) is 11.6 Å². The molecule has 0 unspecified atom stereocenters. The number of aromatic nitrogens is 1. The van der Waals surface area contributed by atoms with Crippen molar-refractivity contribution < 1.29 is 40.3 Å². The Kier molecular flexibility index (Phi) is 6.20. The fourth-order valence-electron chi connectivity index (χ4n) is 1.19. The lowest BCUT2D eigenvalue weighted by molar-refractivity contribution is -0.192. The SMILES string of the molecule is O=C(O)C(F)(F)F.O=S(=O)(Nc1cscn1)c1c(F)cccc1F. The van der Waals surface area contributed by atoms with Crippen molar-refractivity contribution in [3.05, 3.63) is 40.7 Å². The van der Waals surface area contributed by atoms with E-state index < -0.39 is 38.7 Å². The zero-order chi connectivity index (χ0) is 18.5. The van der Waals surface area contributed by atoms with Crippen LogP contribution in [0.15, 0.2) is 34.0 Å². The summed E-state index contributed by atoms with van der Waals surface area (Å²) in [4.78, 5) is 11.6. The minimum absolute atomic E-state index is 0.0256. The molecule has 132 valence electrons. The molecule has 13 heteroatoms. The largest absolute Gasteiger partial charge is 0.490 e. The number of sulfonamides is 1. The van der Waals surface area contributed by atoms with Crippen molar-refractivity contribution in [1.29, 1.82) is 0 Å². The predicted octanol–water partition coefficient (Wildman–Crippen LogP) is 2.86. The number of anilines is 1. The number of carbonyl (C=O) groups is 1. The second-order valence-corrected chi connectivity index (χ2v) is 6.17. The van der Waals surface area contributed by atoms with Crippen molar-refractivity contribution in [3.8, 4) is 0 Å². The summed E-state index contributed by atoms with van der Waals surface area (Å²) >= 11 is 1.16. The van der Waals surface area contributed by atoms with Gasteiger partial charge in [-0.05, 0) is 12.1 Å². The molecule has 0 saturated heterocycles. The third-order valence-corrected chi connectivity index (χ3v) is 4.09. The Balaban J connectivity index is 0.000000351. The number of halogens is 5. The smallest absolute Gasteiger partial charge is 0.475 e. The average Bonchev–Trinajstić information content (AvgIpc) is 2.89. The Morgan fingerprint density at radius 2 is 1.71 bits per heavy atom. The maximum atomic E-state index is 13.3. The summed E-state index contributed by atoms with van der Waals surface area (Å²) in [7, 11) is -4.30. The number of hydrogen-bond donors (Lipinski definition) is 2. The highest BCUT2D eigenvalue weighted by molar-refractivity contribution is 7.92. The Bertz CT molecular complexity index is 786. The lowest BCUT2D eigenvalue weighted by Gasteiger charge is -2.07. The molecule has 6 nitrogen and oxygen atoms in total. The molecule has 1 aromatic heterocycles. The van der Waals surface area contributed by atoms with Crippen LogP contribution in [0.3, 0.4) is 0 Å². The Hall–Kier alpha value is -2.28. The van der Waals surface area contributed by atoms with Gasteiger partial charge >= 0.3 is 12.1 Å². The van der Waals surface area contributed by atoms with Gasteiger partial charge < -0.3 is 5.11 Å². The minimum Gasteiger partial charge on any atom is -0.475 e. The lowest BCUT2D eigenvalue weighted by atomic mass is 10.3. The Morgan fingerprint density at radius 3 is 2.08 bits per heavy atom. The zero-order valence-electron chi connectivity index (χ0n) is 11.2. The highest BCUT2D eigenvalue weighted by Crippen LogP contribution is 2.21. The second-order valence-electron chi connectivity index (χ2n) is 3.83. The molecule has 0 aliphatic rings. The number of alkyl halides is 3. The number of benzene rings is 1. The molecule has 0 bridgehead atoms. The number of hydrogen-bond acceptors (Lipinski definition) is 5. The zero-order valence-corrected chi connectivity index (χ0v) is 12.8. The first-order valence-electron chi connectivity index (χ1n) is 5.60. The van der Waals surface area contributed by atoms with Gasteiger partial charge in [-0.2, -0.15) is 13.2 Å². The number of nitrogens with one attached hydrogen (secondary N) is 1. The first kappa shape index (κ1) is 19.8. The summed E-state index contributed by atoms with van der Waals surface area (Å²) in [6.45, 7) is 0. The van der Waals surface area contributed by atoms with E-state index in [4.69, 9.17) is 9.90 Å². The maximum absolute atomic E-state index is 13.3. The van der Waals surface area contributed by atoms with Crippen LogP contribution >= 0.6 is 11.3 Å². The molecule has 1 aromatic carbocycles. The van der Waals surface area contributed by atoms with E-state index in [9.17, 15) is 30.4 Å². The quantitative estimate of drug-likeness (QED) is 0.786. The van der Waals surface area contributed by atoms with Crippen LogP contribution in [-0.2, 0) is 14.8 Å². The lowest BCUT2D eigenvalue weighted by Crippen LogP contribution is -2.21. The predicted molar refractivity (Wildman–Crippen MR) is 73.0 cm³/mol. The molecule has 2 aromatic rings. The van der Waals surface area contributed by atoms with E-state index in [-0.39, 0.29) is 5.82 Å². The third kappa shape index (κ3) is 5.42. The summed E-state index contributed by atoms with van der Waals surface area (Å²) in [5.74, 6) is -5.02. The summed E-state index contributed by atoms with van der Waals surface area (Å²) in [5, 5.41) is 8.54. The molecule has 2 rings (SSSR count). The standard InChI is InChI=1S/C9H6F2N2O2S2.C2HF3O2/c10-6-2-1-3-7(11)9(6)17(14,15)13-8-4-16-5-12-8;3-2(4,5)1(6)7/h1-5,13H;(H,6,7). The van der Waals surface area contributed by atoms with E-state index in [0.29, 0.717) is 0 Å². The number of carboxylic acid groups (broad SMARTS) is 1. The van der Waals surface area contributed by atoms with Gasteiger partial charge in [0, 0.05) is 5.38 Å². The van der Waals surface area contributed by atoms with Crippen LogP contribution < -0.4 is 4.72 Å². The Morgan fingerprint density at radius 1 is 1.21 bits per heavy atom. The number of thiazole rings is 1. The monoisotopic (exact) mass is 390 g/mol. The van der Waals surface area contributed by atoms with Crippen LogP contribution in [-0.4, -0.2) is 30.7 Å². The molecule has 0 saturated carbocycles. The van der Waals surface area contributed by atoms with Gasteiger partial charge in [-0.1, -0.05) is 6.07 Å². The van der Waals surface area contributed by atoms with Crippen LogP contribution in [0.2, 0.25) is 0 Å². The number of nitrogens with zero attached hydrogens (tertiary/aromatic N) is 1. The second kappa shape index (κ2) is 7.53. The molecule has 24 heavy (non-hydrogen) atoms. The Labute approximate surface area is 135 Å². The van der Waals surface area contributed by atoms with Gasteiger partial charge in [-0.25, -0.2) is 27.0 Å². The minimum atomic E-state index is -5.08. The molecule has 1 heterocycles. The third-order valence-electron chi connectivity index (χ3n) is 2.10. The van der Waals surface area contributed by atoms with Gasteiger partial charge in [-0.15, -0.1) is 11.3 Å². The number of carboxylic acids is 1. The van der Waals surface area contributed by atoms with Crippen LogP contribution in [0.5, 0.6) is 0 Å². The van der Waals surface area contributed by atoms with Crippen molar-refractivity contribution in [3.63, 3.8) is 0 Å². The highest BCUT2D eigenvalue weighted by Gasteiger charge is 2.38. The van der Waals surface area contributed by atoms with Gasteiger partial charge in [0.25, 0.3) is 10.0 Å². The highest BCUT2D eigenvalue weighted by atomic mass is 32.2. The molecule has 2 N–H and O–H groups in total. The topological polar surface area (TPSA) is 96.4 Å². The average molecular weight is 390 g/mol. The van der Waals surface area contributed by atoms with Gasteiger partial charge in [0.05, 0.1) is 5.51 Å². The molecule has 0 amide bonds. The first-order chi connectivity index (χ1) is 10.9. The molecule has 0 aliphatic heterocycles. The van der Waals surface area contributed by atoms with Crippen molar-refractivity contribution >= 4 is 33.1 Å². The fraction of sp³-hybridized carbons (Fsp3) is 0.0909. The number of rotatable bonds is 3. The molecule has 0 aliphatic carbocycles. The normalized spacial score (nSPS) is 11.4. The molecule has 0 spiro atoms.